The number of aromatic amines is 1. The van der Waals surface area contributed by atoms with Gasteiger partial charge in [0.1, 0.15) is 11.6 Å². The fraction of sp³-hybridized carbons (Fsp3) is 0.733. The zero-order chi connectivity index (χ0) is 13.5. The molecular weight excluding hydrogens is 252 g/mol. The third-order valence-electron chi connectivity index (χ3n) is 4.62. The summed E-state index contributed by atoms with van der Waals surface area (Å²) >= 11 is 0. The minimum Gasteiger partial charge on any atom is -0.354 e. The smallest absolute Gasteiger partial charge is 0.252 e. The van der Waals surface area contributed by atoms with Crippen LogP contribution in [0.2, 0.25) is 0 Å². The first kappa shape index (κ1) is 12.4. The second kappa shape index (κ2) is 4.88. The predicted octanol–water partition coefficient (Wildman–Crippen LogP) is 1.18. The highest BCUT2D eigenvalue weighted by Gasteiger charge is 2.29. The van der Waals surface area contributed by atoms with Crippen LogP contribution < -0.4 is 10.5 Å². The minimum absolute atomic E-state index is 0.00249. The molecule has 2 saturated carbocycles. The average molecular weight is 274 g/mol. The summed E-state index contributed by atoms with van der Waals surface area (Å²) < 4.78 is 0. The van der Waals surface area contributed by atoms with Gasteiger partial charge < -0.3 is 9.88 Å². The summed E-state index contributed by atoms with van der Waals surface area (Å²) in [5.41, 5.74) is -0.00249. The second-order valence-corrected chi connectivity index (χ2v) is 6.49. The molecule has 108 valence electrons. The van der Waals surface area contributed by atoms with E-state index in [0.717, 1.165) is 43.7 Å². The molecule has 0 atom stereocenters. The van der Waals surface area contributed by atoms with E-state index in [-0.39, 0.29) is 5.56 Å². The molecule has 4 rings (SSSR count). The van der Waals surface area contributed by atoms with Crippen molar-refractivity contribution in [2.45, 2.75) is 31.6 Å². The van der Waals surface area contributed by atoms with Crippen LogP contribution in [0.4, 0.5) is 5.82 Å². The van der Waals surface area contributed by atoms with Gasteiger partial charge in [-0.3, -0.25) is 9.69 Å². The number of aromatic nitrogens is 2. The van der Waals surface area contributed by atoms with Gasteiger partial charge in [0.2, 0.25) is 0 Å². The maximum absolute atomic E-state index is 11.8. The maximum atomic E-state index is 11.8. The molecule has 2 heterocycles. The second-order valence-electron chi connectivity index (χ2n) is 6.49. The summed E-state index contributed by atoms with van der Waals surface area (Å²) in [6, 6.07) is 1.66. The molecule has 20 heavy (non-hydrogen) atoms. The number of nitrogens with zero attached hydrogens (tertiary/aromatic N) is 3. The summed E-state index contributed by atoms with van der Waals surface area (Å²) in [4.78, 5) is 24.2. The number of anilines is 1. The first-order valence-electron chi connectivity index (χ1n) is 7.86. The van der Waals surface area contributed by atoms with E-state index < -0.39 is 0 Å². The van der Waals surface area contributed by atoms with Crippen molar-refractivity contribution in [1.29, 1.82) is 0 Å². The van der Waals surface area contributed by atoms with Gasteiger partial charge in [0.15, 0.2) is 0 Å². The van der Waals surface area contributed by atoms with Crippen LogP contribution >= 0.6 is 0 Å². The van der Waals surface area contributed by atoms with Crippen molar-refractivity contribution in [1.82, 2.24) is 14.9 Å². The average Bonchev–Trinajstić information content (AvgIpc) is 3.33. The molecule has 1 aromatic heterocycles. The summed E-state index contributed by atoms with van der Waals surface area (Å²) in [5.74, 6) is 3.23. The molecule has 1 saturated heterocycles. The lowest BCUT2D eigenvalue weighted by Crippen LogP contribution is -2.47. The number of piperazine rings is 1. The maximum Gasteiger partial charge on any atom is 0.252 e. The lowest BCUT2D eigenvalue weighted by molar-refractivity contribution is 0.247. The summed E-state index contributed by atoms with van der Waals surface area (Å²) in [7, 11) is 0. The SMILES string of the molecule is O=c1cc(N2CCN(CC3CC3)CC2)nc(C2CC2)[nH]1. The van der Waals surface area contributed by atoms with Gasteiger partial charge in [-0.15, -0.1) is 0 Å². The third kappa shape index (κ3) is 2.73. The van der Waals surface area contributed by atoms with E-state index in [1.807, 2.05) is 0 Å². The standard InChI is InChI=1S/C15H22N4O/c20-14-9-13(16-15(17-14)12-3-4-12)19-7-5-18(6-8-19)10-11-1-2-11/h9,11-12H,1-8,10H2,(H,16,17,20). The number of hydrogen-bond acceptors (Lipinski definition) is 4. The minimum atomic E-state index is -0.00249. The van der Waals surface area contributed by atoms with Gasteiger partial charge >= 0.3 is 0 Å². The summed E-state index contributed by atoms with van der Waals surface area (Å²) in [5, 5.41) is 0. The van der Waals surface area contributed by atoms with E-state index in [9.17, 15) is 4.79 Å². The van der Waals surface area contributed by atoms with E-state index in [1.54, 1.807) is 6.07 Å². The lowest BCUT2D eigenvalue weighted by Gasteiger charge is -2.35. The number of nitrogens with one attached hydrogen (secondary N) is 1. The van der Waals surface area contributed by atoms with Crippen LogP contribution in [0, 0.1) is 5.92 Å². The largest absolute Gasteiger partial charge is 0.354 e. The molecule has 2 aliphatic carbocycles. The molecule has 5 heteroatoms. The molecule has 0 unspecified atom stereocenters. The molecule has 0 bridgehead atoms. The first-order valence-corrected chi connectivity index (χ1v) is 7.86. The van der Waals surface area contributed by atoms with Gasteiger partial charge in [-0.25, -0.2) is 4.98 Å². The molecule has 3 fully saturated rings. The van der Waals surface area contributed by atoms with E-state index >= 15 is 0 Å². The third-order valence-corrected chi connectivity index (χ3v) is 4.62. The lowest BCUT2D eigenvalue weighted by atomic mass is 10.2. The Morgan fingerprint density at radius 1 is 1.15 bits per heavy atom. The van der Waals surface area contributed by atoms with Crippen LogP contribution in [0.5, 0.6) is 0 Å². The Labute approximate surface area is 119 Å². The number of hydrogen-bond donors (Lipinski definition) is 1. The summed E-state index contributed by atoms with van der Waals surface area (Å²) in [6.45, 7) is 5.46. The van der Waals surface area contributed by atoms with Crippen molar-refractivity contribution in [2.24, 2.45) is 5.92 Å². The van der Waals surface area contributed by atoms with Gasteiger partial charge in [0, 0.05) is 44.7 Å². The van der Waals surface area contributed by atoms with Crippen LogP contribution in [-0.4, -0.2) is 47.6 Å². The number of H-pyrrole nitrogens is 1. The van der Waals surface area contributed by atoms with Crippen molar-refractivity contribution in [2.75, 3.05) is 37.6 Å². The van der Waals surface area contributed by atoms with Gasteiger partial charge in [0.05, 0.1) is 0 Å². The fourth-order valence-corrected chi connectivity index (χ4v) is 3.00. The molecule has 1 N–H and O–H groups in total. The van der Waals surface area contributed by atoms with Crippen molar-refractivity contribution in [3.63, 3.8) is 0 Å². The Bertz CT molecular complexity index is 539. The normalized spacial score (nSPS) is 24.1. The van der Waals surface area contributed by atoms with Crippen LogP contribution in [0.1, 0.15) is 37.4 Å². The summed E-state index contributed by atoms with van der Waals surface area (Å²) in [6.07, 6.45) is 5.17. The molecule has 1 aliphatic heterocycles. The topological polar surface area (TPSA) is 52.2 Å². The first-order chi connectivity index (χ1) is 9.78. The van der Waals surface area contributed by atoms with Crippen molar-refractivity contribution < 1.29 is 0 Å². The predicted molar refractivity (Wildman–Crippen MR) is 78.2 cm³/mol. The van der Waals surface area contributed by atoms with Crippen LogP contribution in [0.3, 0.4) is 0 Å². The van der Waals surface area contributed by atoms with Gasteiger partial charge in [-0.2, -0.15) is 0 Å². The Morgan fingerprint density at radius 3 is 2.55 bits per heavy atom. The Hall–Kier alpha value is -1.36. The molecule has 0 radical (unpaired) electrons. The van der Waals surface area contributed by atoms with Crippen LogP contribution in [-0.2, 0) is 0 Å². The van der Waals surface area contributed by atoms with E-state index in [0.29, 0.717) is 5.92 Å². The highest BCUT2D eigenvalue weighted by atomic mass is 16.1. The Kier molecular flexibility index (Phi) is 3.02. The Balaban J connectivity index is 1.43. The Morgan fingerprint density at radius 2 is 1.90 bits per heavy atom. The molecule has 0 aromatic carbocycles. The molecule has 5 nitrogen and oxygen atoms in total. The number of rotatable bonds is 4. The van der Waals surface area contributed by atoms with Crippen LogP contribution in [0.15, 0.2) is 10.9 Å². The van der Waals surface area contributed by atoms with Crippen molar-refractivity contribution >= 4 is 5.82 Å². The van der Waals surface area contributed by atoms with E-state index in [4.69, 9.17) is 0 Å². The van der Waals surface area contributed by atoms with Crippen LogP contribution in [0.25, 0.3) is 0 Å². The van der Waals surface area contributed by atoms with E-state index in [1.165, 1.54) is 32.2 Å². The zero-order valence-electron chi connectivity index (χ0n) is 11.8. The monoisotopic (exact) mass is 274 g/mol. The molecule has 1 aromatic rings. The fourth-order valence-electron chi connectivity index (χ4n) is 3.00. The molecular formula is C15H22N4O. The van der Waals surface area contributed by atoms with E-state index in [2.05, 4.69) is 19.8 Å². The quantitative estimate of drug-likeness (QED) is 0.896. The van der Waals surface area contributed by atoms with Gasteiger partial charge in [-0.1, -0.05) is 0 Å². The molecule has 3 aliphatic rings. The highest BCUT2D eigenvalue weighted by Crippen LogP contribution is 2.38. The van der Waals surface area contributed by atoms with Crippen molar-refractivity contribution in [3.8, 4) is 0 Å². The van der Waals surface area contributed by atoms with Gasteiger partial charge in [-0.05, 0) is 31.6 Å². The molecule has 0 spiro atoms. The zero-order valence-corrected chi connectivity index (χ0v) is 11.8. The molecule has 0 amide bonds. The van der Waals surface area contributed by atoms with Crippen molar-refractivity contribution in [3.05, 3.63) is 22.2 Å². The highest BCUT2D eigenvalue weighted by molar-refractivity contribution is 5.38. The van der Waals surface area contributed by atoms with Gasteiger partial charge in [0.25, 0.3) is 5.56 Å².